The molecule has 0 fully saturated rings. The second-order valence-corrected chi connectivity index (χ2v) is 3.31. The van der Waals surface area contributed by atoms with Crippen molar-refractivity contribution in [2.45, 2.75) is 19.3 Å². The van der Waals surface area contributed by atoms with Gasteiger partial charge < -0.3 is 0 Å². The van der Waals surface area contributed by atoms with Crippen LogP contribution >= 0.6 is 0 Å². The SMILES string of the molecule is [CH2]C(CF)c1cccc([N+](=O)[O-])c1CC. The molecule has 0 heterocycles. The van der Waals surface area contributed by atoms with Gasteiger partial charge in [0.25, 0.3) is 5.69 Å². The van der Waals surface area contributed by atoms with Crippen LogP contribution in [0.4, 0.5) is 10.1 Å². The number of hydrogen-bond acceptors (Lipinski definition) is 2. The van der Waals surface area contributed by atoms with Gasteiger partial charge in [0.05, 0.1) is 11.6 Å². The van der Waals surface area contributed by atoms with Crippen molar-refractivity contribution >= 4 is 5.69 Å². The zero-order valence-corrected chi connectivity index (χ0v) is 8.57. The molecule has 81 valence electrons. The van der Waals surface area contributed by atoms with Gasteiger partial charge in [0.15, 0.2) is 0 Å². The van der Waals surface area contributed by atoms with Gasteiger partial charge in [-0.2, -0.15) is 0 Å². The Labute approximate surface area is 88.1 Å². The molecule has 1 aromatic carbocycles. The summed E-state index contributed by atoms with van der Waals surface area (Å²) in [5.41, 5.74) is 1.27. The lowest BCUT2D eigenvalue weighted by atomic mass is 9.94. The Bertz CT molecular complexity index is 366. The molecule has 1 radical (unpaired) electrons. The van der Waals surface area contributed by atoms with E-state index in [0.29, 0.717) is 17.5 Å². The number of alkyl halides is 1. The molecule has 1 atom stereocenters. The molecule has 4 heteroatoms. The molecule has 1 aromatic rings. The first-order valence-electron chi connectivity index (χ1n) is 4.77. The summed E-state index contributed by atoms with van der Waals surface area (Å²) in [6.07, 6.45) is 0.512. The number of nitro groups is 1. The predicted molar refractivity (Wildman–Crippen MR) is 56.5 cm³/mol. The van der Waals surface area contributed by atoms with Crippen molar-refractivity contribution in [1.29, 1.82) is 0 Å². The number of rotatable bonds is 4. The van der Waals surface area contributed by atoms with Crippen molar-refractivity contribution in [3.63, 3.8) is 0 Å². The van der Waals surface area contributed by atoms with E-state index in [-0.39, 0.29) is 5.69 Å². The van der Waals surface area contributed by atoms with Gasteiger partial charge in [0.1, 0.15) is 0 Å². The molecule has 0 amide bonds. The zero-order chi connectivity index (χ0) is 11.4. The van der Waals surface area contributed by atoms with Gasteiger partial charge >= 0.3 is 0 Å². The van der Waals surface area contributed by atoms with Gasteiger partial charge in [-0.3, -0.25) is 14.5 Å². The fourth-order valence-corrected chi connectivity index (χ4v) is 1.61. The lowest BCUT2D eigenvalue weighted by Gasteiger charge is -2.12. The maximum atomic E-state index is 12.5. The van der Waals surface area contributed by atoms with E-state index in [0.717, 1.165) is 0 Å². The smallest absolute Gasteiger partial charge is 0.258 e. The predicted octanol–water partition coefficient (Wildman–Crippen LogP) is 3.04. The number of halogens is 1. The van der Waals surface area contributed by atoms with Crippen molar-refractivity contribution < 1.29 is 9.31 Å². The number of benzene rings is 1. The second-order valence-electron chi connectivity index (χ2n) is 3.31. The number of nitro benzene ring substituents is 1. The fourth-order valence-electron chi connectivity index (χ4n) is 1.61. The summed E-state index contributed by atoms with van der Waals surface area (Å²) < 4.78 is 12.5. The molecule has 0 aromatic heterocycles. The molecular formula is C11H13FNO2. The van der Waals surface area contributed by atoms with Crippen LogP contribution in [0.25, 0.3) is 0 Å². The number of nitrogens with zero attached hydrogens (tertiary/aromatic N) is 1. The Morgan fingerprint density at radius 2 is 2.27 bits per heavy atom. The molecule has 15 heavy (non-hydrogen) atoms. The van der Waals surface area contributed by atoms with Crippen LogP contribution < -0.4 is 0 Å². The largest absolute Gasteiger partial charge is 0.272 e. The highest BCUT2D eigenvalue weighted by Gasteiger charge is 2.18. The van der Waals surface area contributed by atoms with Crippen molar-refractivity contribution in [2.24, 2.45) is 0 Å². The van der Waals surface area contributed by atoms with Crippen LogP contribution in [-0.2, 0) is 6.42 Å². The topological polar surface area (TPSA) is 43.1 Å². The van der Waals surface area contributed by atoms with E-state index >= 15 is 0 Å². The first-order valence-corrected chi connectivity index (χ1v) is 4.77. The Morgan fingerprint density at radius 3 is 2.73 bits per heavy atom. The Kier molecular flexibility index (Phi) is 3.77. The van der Waals surface area contributed by atoms with Crippen LogP contribution in [0.3, 0.4) is 0 Å². The van der Waals surface area contributed by atoms with E-state index in [4.69, 9.17) is 0 Å². The quantitative estimate of drug-likeness (QED) is 0.566. The highest BCUT2D eigenvalue weighted by molar-refractivity contribution is 5.47. The monoisotopic (exact) mass is 210 g/mol. The number of hydrogen-bond donors (Lipinski definition) is 0. The lowest BCUT2D eigenvalue weighted by Crippen LogP contribution is -2.04. The lowest BCUT2D eigenvalue weighted by molar-refractivity contribution is -0.385. The third-order valence-corrected chi connectivity index (χ3v) is 2.36. The van der Waals surface area contributed by atoms with Crippen LogP contribution in [0.5, 0.6) is 0 Å². The van der Waals surface area contributed by atoms with E-state index in [1.165, 1.54) is 6.07 Å². The minimum Gasteiger partial charge on any atom is -0.258 e. The standard InChI is InChI=1S/C11H13FNO2/c1-3-9-10(8(2)7-12)5-4-6-11(9)13(14)15/h4-6,8H,2-3,7H2,1H3. The Balaban J connectivity index is 3.28. The average molecular weight is 210 g/mol. The molecule has 0 spiro atoms. The van der Waals surface area contributed by atoms with Crippen molar-refractivity contribution in [2.75, 3.05) is 6.67 Å². The van der Waals surface area contributed by atoms with E-state index in [1.807, 2.05) is 6.92 Å². The van der Waals surface area contributed by atoms with Crippen molar-refractivity contribution in [3.8, 4) is 0 Å². The zero-order valence-electron chi connectivity index (χ0n) is 8.57. The first-order chi connectivity index (χ1) is 7.11. The molecule has 0 aliphatic carbocycles. The minimum atomic E-state index is -0.603. The summed E-state index contributed by atoms with van der Waals surface area (Å²) in [6, 6.07) is 4.71. The molecular weight excluding hydrogens is 197 g/mol. The van der Waals surface area contributed by atoms with Gasteiger partial charge in [-0.15, -0.1) is 0 Å². The highest BCUT2D eigenvalue weighted by atomic mass is 19.1. The molecule has 0 N–H and O–H groups in total. The molecule has 3 nitrogen and oxygen atoms in total. The molecule has 0 bridgehead atoms. The summed E-state index contributed by atoms with van der Waals surface area (Å²) in [5.74, 6) is -0.528. The summed E-state index contributed by atoms with van der Waals surface area (Å²) in [4.78, 5) is 10.3. The first kappa shape index (κ1) is 11.6. The van der Waals surface area contributed by atoms with Crippen molar-refractivity contribution in [1.82, 2.24) is 0 Å². The molecule has 1 unspecified atom stereocenters. The maximum Gasteiger partial charge on any atom is 0.272 e. The fraction of sp³-hybridized carbons (Fsp3) is 0.364. The van der Waals surface area contributed by atoms with E-state index in [9.17, 15) is 14.5 Å². The summed E-state index contributed by atoms with van der Waals surface area (Å²) in [7, 11) is 0. The third-order valence-electron chi connectivity index (χ3n) is 2.36. The van der Waals surface area contributed by atoms with Gasteiger partial charge in [-0.05, 0) is 18.9 Å². The Morgan fingerprint density at radius 1 is 1.60 bits per heavy atom. The molecule has 1 rings (SSSR count). The summed E-state index contributed by atoms with van der Waals surface area (Å²) >= 11 is 0. The Hall–Kier alpha value is -1.45. The van der Waals surface area contributed by atoms with Crippen LogP contribution in [0.2, 0.25) is 0 Å². The summed E-state index contributed by atoms with van der Waals surface area (Å²) in [5, 5.41) is 10.7. The third kappa shape index (κ3) is 2.32. The minimum absolute atomic E-state index is 0.0529. The van der Waals surface area contributed by atoms with Crippen LogP contribution in [0.1, 0.15) is 24.0 Å². The van der Waals surface area contributed by atoms with Gasteiger partial charge in [-0.25, -0.2) is 0 Å². The molecule has 0 saturated heterocycles. The average Bonchev–Trinajstić information content (AvgIpc) is 2.26. The molecule has 0 saturated carbocycles. The van der Waals surface area contributed by atoms with Crippen LogP contribution in [-0.4, -0.2) is 11.6 Å². The molecule has 0 aliphatic rings. The van der Waals surface area contributed by atoms with E-state index in [2.05, 4.69) is 6.92 Å². The maximum absolute atomic E-state index is 12.5. The molecule has 0 aliphatic heterocycles. The second kappa shape index (κ2) is 4.87. The van der Waals surface area contributed by atoms with E-state index in [1.54, 1.807) is 12.1 Å². The van der Waals surface area contributed by atoms with E-state index < -0.39 is 17.5 Å². The van der Waals surface area contributed by atoms with Gasteiger partial charge in [0.2, 0.25) is 0 Å². The summed E-state index contributed by atoms with van der Waals surface area (Å²) in [6.45, 7) is 4.85. The van der Waals surface area contributed by atoms with Gasteiger partial charge in [0, 0.05) is 17.5 Å². The van der Waals surface area contributed by atoms with Gasteiger partial charge in [-0.1, -0.05) is 19.1 Å². The highest BCUT2D eigenvalue weighted by Crippen LogP contribution is 2.28. The normalized spacial score (nSPS) is 12.5. The van der Waals surface area contributed by atoms with Crippen molar-refractivity contribution in [3.05, 3.63) is 46.4 Å². The van der Waals surface area contributed by atoms with Crippen LogP contribution in [0, 0.1) is 17.0 Å². The van der Waals surface area contributed by atoms with Crippen LogP contribution in [0.15, 0.2) is 18.2 Å².